The van der Waals surface area contributed by atoms with Crippen LogP contribution in [-0.4, -0.2) is 60.0 Å². The van der Waals surface area contributed by atoms with Crippen LogP contribution in [0.15, 0.2) is 36.5 Å². The zero-order valence-corrected chi connectivity index (χ0v) is 17.8. The summed E-state index contributed by atoms with van der Waals surface area (Å²) in [4.78, 5) is 24.4. The van der Waals surface area contributed by atoms with E-state index in [1.165, 1.54) is 5.69 Å². The van der Waals surface area contributed by atoms with Gasteiger partial charge < -0.3 is 26.2 Å². The van der Waals surface area contributed by atoms with E-state index in [0.29, 0.717) is 12.4 Å². The topological polar surface area (TPSA) is 99.4 Å². The summed E-state index contributed by atoms with van der Waals surface area (Å²) in [7, 11) is 2.14. The number of hydrogen-bond acceptors (Lipinski definition) is 7. The summed E-state index contributed by atoms with van der Waals surface area (Å²) in [5.74, 6) is -0.904. The summed E-state index contributed by atoms with van der Waals surface area (Å²) in [6.07, 6.45) is 5.16. The van der Waals surface area contributed by atoms with Crippen molar-refractivity contribution in [2.75, 3.05) is 48.8 Å². The normalized spacial score (nSPS) is 21.3. The molecule has 8 nitrogen and oxygen atoms in total. The Morgan fingerprint density at radius 2 is 2.00 bits per heavy atom. The predicted octanol–water partition coefficient (Wildman–Crippen LogP) is 2.26. The van der Waals surface area contributed by atoms with E-state index in [1.807, 2.05) is 18.2 Å². The summed E-state index contributed by atoms with van der Waals surface area (Å²) >= 11 is 0. The van der Waals surface area contributed by atoms with Crippen LogP contribution in [0.1, 0.15) is 12.0 Å². The maximum absolute atomic E-state index is 14.2. The first-order chi connectivity index (χ1) is 14.9. The van der Waals surface area contributed by atoms with Crippen molar-refractivity contribution in [1.29, 1.82) is 0 Å². The van der Waals surface area contributed by atoms with Crippen molar-refractivity contribution in [1.82, 2.24) is 14.9 Å². The second kappa shape index (κ2) is 8.89. The first-order valence-corrected chi connectivity index (χ1v) is 10.5. The Labute approximate surface area is 181 Å². The van der Waals surface area contributed by atoms with Crippen LogP contribution in [0, 0.1) is 18.7 Å². The van der Waals surface area contributed by atoms with Crippen LogP contribution >= 0.6 is 0 Å². The molecule has 1 saturated heterocycles. The Morgan fingerprint density at radius 3 is 2.68 bits per heavy atom. The van der Waals surface area contributed by atoms with Crippen molar-refractivity contribution in [3.05, 3.63) is 47.9 Å². The summed E-state index contributed by atoms with van der Waals surface area (Å²) in [5, 5.41) is 6.17. The number of benzene rings is 1. The number of aryl methyl sites for hydroxylation is 1. The van der Waals surface area contributed by atoms with Crippen LogP contribution < -0.4 is 21.3 Å². The van der Waals surface area contributed by atoms with Gasteiger partial charge >= 0.3 is 0 Å². The van der Waals surface area contributed by atoms with Crippen molar-refractivity contribution >= 4 is 29.0 Å². The number of halogens is 1. The van der Waals surface area contributed by atoms with Crippen molar-refractivity contribution in [3.8, 4) is 0 Å². The largest absolute Gasteiger partial charge is 0.369 e. The van der Waals surface area contributed by atoms with Crippen LogP contribution in [0.2, 0.25) is 0 Å². The van der Waals surface area contributed by atoms with Gasteiger partial charge in [-0.15, -0.1) is 0 Å². The van der Waals surface area contributed by atoms with Crippen molar-refractivity contribution < 1.29 is 9.18 Å². The number of amides is 1. The third kappa shape index (κ3) is 4.93. The molecule has 1 aliphatic heterocycles. The van der Waals surface area contributed by atoms with Gasteiger partial charge in [0, 0.05) is 43.6 Å². The van der Waals surface area contributed by atoms with Gasteiger partial charge in [-0.2, -0.15) is 4.98 Å². The first-order valence-electron chi connectivity index (χ1n) is 10.5. The first kappa shape index (κ1) is 21.0. The van der Waals surface area contributed by atoms with Gasteiger partial charge in [0.2, 0.25) is 11.9 Å². The SMILES string of the molecule is Cc1cc(Nc2ncc(F)c(NC3C=CC(C(N)=O)C3)n2)ccc1N1CCN(C)CC1. The maximum Gasteiger partial charge on any atom is 0.229 e. The Morgan fingerprint density at radius 1 is 1.23 bits per heavy atom. The van der Waals surface area contributed by atoms with Crippen LogP contribution in [0.25, 0.3) is 0 Å². The van der Waals surface area contributed by atoms with E-state index in [9.17, 15) is 9.18 Å². The zero-order valence-electron chi connectivity index (χ0n) is 17.8. The Hall–Kier alpha value is -3.20. The van der Waals surface area contributed by atoms with Gasteiger partial charge in [0.25, 0.3) is 0 Å². The third-order valence-electron chi connectivity index (χ3n) is 5.81. The average molecular weight is 426 g/mol. The second-order valence-electron chi connectivity index (χ2n) is 8.19. The van der Waals surface area contributed by atoms with E-state index in [4.69, 9.17) is 5.73 Å². The van der Waals surface area contributed by atoms with Crippen LogP contribution in [0.5, 0.6) is 0 Å². The van der Waals surface area contributed by atoms with Crippen molar-refractivity contribution in [2.24, 2.45) is 11.7 Å². The standard InChI is InChI=1S/C22H28FN7O/c1-14-11-16(5-6-19(14)30-9-7-29(2)8-10-30)27-22-25-13-18(23)21(28-22)26-17-4-3-15(12-17)20(24)31/h3-6,11,13,15,17H,7-10,12H2,1-2H3,(H2,24,31)(H2,25,26,27,28). The lowest BCUT2D eigenvalue weighted by Gasteiger charge is -2.35. The number of aromatic nitrogens is 2. The molecule has 4 rings (SSSR count). The molecule has 2 atom stereocenters. The third-order valence-corrected chi connectivity index (χ3v) is 5.81. The lowest BCUT2D eigenvalue weighted by molar-refractivity contribution is -0.120. The molecule has 1 aromatic heterocycles. The number of anilines is 4. The molecule has 1 aliphatic carbocycles. The molecule has 1 fully saturated rings. The van der Waals surface area contributed by atoms with Crippen molar-refractivity contribution in [3.63, 3.8) is 0 Å². The number of primary amides is 1. The molecule has 2 heterocycles. The van der Waals surface area contributed by atoms with E-state index < -0.39 is 5.82 Å². The maximum atomic E-state index is 14.2. The van der Waals surface area contributed by atoms with E-state index in [2.05, 4.69) is 50.4 Å². The number of rotatable bonds is 6. The Bertz CT molecular complexity index is 988. The summed E-state index contributed by atoms with van der Waals surface area (Å²) in [5.41, 5.74) is 8.55. The van der Waals surface area contributed by atoms with Gasteiger partial charge in [-0.25, -0.2) is 9.37 Å². The molecule has 2 unspecified atom stereocenters. The molecule has 0 bridgehead atoms. The van der Waals surface area contributed by atoms with E-state index in [0.717, 1.165) is 43.6 Å². The van der Waals surface area contributed by atoms with E-state index in [1.54, 1.807) is 6.08 Å². The smallest absolute Gasteiger partial charge is 0.229 e. The molecule has 0 radical (unpaired) electrons. The van der Waals surface area contributed by atoms with Crippen LogP contribution in [-0.2, 0) is 4.79 Å². The highest BCUT2D eigenvalue weighted by Crippen LogP contribution is 2.27. The number of likely N-dealkylation sites (N-methyl/N-ethyl adjacent to an activating group) is 1. The summed E-state index contributed by atoms with van der Waals surface area (Å²) in [6, 6.07) is 5.92. The molecule has 1 aromatic carbocycles. The summed E-state index contributed by atoms with van der Waals surface area (Å²) in [6.45, 7) is 6.20. The highest BCUT2D eigenvalue weighted by Gasteiger charge is 2.24. The Kier molecular flexibility index (Phi) is 6.03. The van der Waals surface area contributed by atoms with Gasteiger partial charge in [0.1, 0.15) is 0 Å². The molecule has 0 saturated carbocycles. The molecule has 31 heavy (non-hydrogen) atoms. The fourth-order valence-corrected chi connectivity index (χ4v) is 3.99. The van der Waals surface area contributed by atoms with Crippen LogP contribution in [0.3, 0.4) is 0 Å². The lowest BCUT2D eigenvalue weighted by atomic mass is 10.1. The molecule has 0 spiro atoms. The molecule has 4 N–H and O–H groups in total. The molecule has 9 heteroatoms. The fourth-order valence-electron chi connectivity index (χ4n) is 3.99. The molecule has 2 aromatic rings. The highest BCUT2D eigenvalue weighted by molar-refractivity contribution is 5.79. The zero-order chi connectivity index (χ0) is 22.0. The predicted molar refractivity (Wildman–Crippen MR) is 120 cm³/mol. The monoisotopic (exact) mass is 425 g/mol. The van der Waals surface area contributed by atoms with Crippen LogP contribution in [0.4, 0.5) is 27.5 Å². The van der Waals surface area contributed by atoms with Gasteiger partial charge in [0.05, 0.1) is 12.1 Å². The minimum atomic E-state index is -0.553. The van der Waals surface area contributed by atoms with Gasteiger partial charge in [-0.05, 0) is 44.2 Å². The molecule has 164 valence electrons. The number of nitrogens with two attached hydrogens (primary N) is 1. The number of carbonyl (C=O) groups excluding carboxylic acids is 1. The van der Waals surface area contributed by atoms with Crippen molar-refractivity contribution in [2.45, 2.75) is 19.4 Å². The molecular weight excluding hydrogens is 397 g/mol. The van der Waals surface area contributed by atoms with E-state index in [-0.39, 0.29) is 23.7 Å². The van der Waals surface area contributed by atoms with E-state index >= 15 is 0 Å². The quantitative estimate of drug-likeness (QED) is 0.611. The van der Waals surface area contributed by atoms with Gasteiger partial charge in [-0.1, -0.05) is 12.2 Å². The average Bonchev–Trinajstić information content (AvgIpc) is 3.21. The highest BCUT2D eigenvalue weighted by atomic mass is 19.1. The number of hydrogen-bond donors (Lipinski definition) is 3. The number of nitrogens with zero attached hydrogens (tertiary/aromatic N) is 4. The lowest BCUT2D eigenvalue weighted by Crippen LogP contribution is -2.44. The summed E-state index contributed by atoms with van der Waals surface area (Å²) < 4.78 is 14.2. The number of carbonyl (C=O) groups is 1. The Balaban J connectivity index is 1.43. The second-order valence-corrected chi connectivity index (χ2v) is 8.19. The molecular formula is C22H28FN7O. The molecule has 1 amide bonds. The number of nitrogens with one attached hydrogen (secondary N) is 2. The fraction of sp³-hybridized carbons (Fsp3) is 0.409. The van der Waals surface area contributed by atoms with Gasteiger partial charge in [-0.3, -0.25) is 4.79 Å². The van der Waals surface area contributed by atoms with Gasteiger partial charge in [0.15, 0.2) is 11.6 Å². The minimum absolute atomic E-state index is 0.0862. The number of piperazine rings is 1. The minimum Gasteiger partial charge on any atom is -0.369 e. The molecule has 2 aliphatic rings.